The molecule has 2 aromatic carbocycles. The van der Waals surface area contributed by atoms with Gasteiger partial charge in [-0.15, -0.1) is 0 Å². The van der Waals surface area contributed by atoms with E-state index in [1.165, 1.54) is 11.1 Å². The zero-order valence-corrected chi connectivity index (χ0v) is 16.5. The maximum atomic E-state index is 12.6. The van der Waals surface area contributed by atoms with Crippen LogP contribution in [-0.2, 0) is 11.2 Å². The molecule has 0 spiro atoms. The van der Waals surface area contributed by atoms with Gasteiger partial charge in [0.1, 0.15) is 0 Å². The molecule has 136 valence electrons. The Morgan fingerprint density at radius 1 is 1.23 bits per heavy atom. The van der Waals surface area contributed by atoms with E-state index in [1.54, 1.807) is 23.1 Å². The summed E-state index contributed by atoms with van der Waals surface area (Å²) in [6.45, 7) is 2.71. The summed E-state index contributed by atoms with van der Waals surface area (Å²) in [6, 6.07) is 11.1. The lowest BCUT2D eigenvalue weighted by Crippen LogP contribution is -2.33. The Morgan fingerprint density at radius 2 is 2.04 bits per heavy atom. The van der Waals surface area contributed by atoms with Gasteiger partial charge in [-0.1, -0.05) is 58.7 Å². The molecule has 0 bridgehead atoms. The number of rotatable bonds is 3. The van der Waals surface area contributed by atoms with Crippen LogP contribution in [0, 0.1) is 6.92 Å². The van der Waals surface area contributed by atoms with Crippen molar-refractivity contribution in [2.45, 2.75) is 19.8 Å². The van der Waals surface area contributed by atoms with Crippen LogP contribution >= 0.6 is 35.0 Å². The molecule has 0 fully saturated rings. The maximum Gasteiger partial charge on any atom is 0.286 e. The van der Waals surface area contributed by atoms with Crippen molar-refractivity contribution in [3.8, 4) is 0 Å². The van der Waals surface area contributed by atoms with Crippen molar-refractivity contribution in [3.05, 3.63) is 57.6 Å². The molecule has 26 heavy (non-hydrogen) atoms. The van der Waals surface area contributed by atoms with Gasteiger partial charge in [0.2, 0.25) is 5.91 Å². The van der Waals surface area contributed by atoms with Gasteiger partial charge in [0.15, 0.2) is 0 Å². The third-order valence-electron chi connectivity index (χ3n) is 4.13. The van der Waals surface area contributed by atoms with Crippen LogP contribution in [0.5, 0.6) is 0 Å². The molecule has 0 aromatic heterocycles. The molecule has 0 saturated carbocycles. The molecular weight excluding hydrogens is 391 g/mol. The standard InChI is InChI=1S/C19H18Cl2N2O2S/c1-12-7-8-16-13(10-12)4-3-9-23(16)19(25)26-11-17(24)22-15-6-2-5-14(20)18(15)21/h2,5-8,10H,3-4,9,11H2,1H3,(H,22,24). The van der Waals surface area contributed by atoms with Crippen molar-refractivity contribution in [1.29, 1.82) is 0 Å². The smallest absolute Gasteiger partial charge is 0.286 e. The highest BCUT2D eigenvalue weighted by atomic mass is 35.5. The number of amides is 2. The number of carbonyl (C=O) groups is 2. The Kier molecular flexibility index (Phi) is 6.12. The van der Waals surface area contributed by atoms with Crippen molar-refractivity contribution in [2.75, 3.05) is 22.5 Å². The van der Waals surface area contributed by atoms with Gasteiger partial charge in [0.05, 0.1) is 21.5 Å². The van der Waals surface area contributed by atoms with E-state index < -0.39 is 0 Å². The van der Waals surface area contributed by atoms with E-state index in [1.807, 2.05) is 19.1 Å². The lowest BCUT2D eigenvalue weighted by molar-refractivity contribution is -0.113. The normalized spacial score (nSPS) is 13.3. The second-order valence-corrected chi connectivity index (χ2v) is 7.80. The first-order valence-electron chi connectivity index (χ1n) is 8.23. The summed E-state index contributed by atoms with van der Waals surface area (Å²) in [4.78, 5) is 26.5. The zero-order chi connectivity index (χ0) is 18.7. The summed E-state index contributed by atoms with van der Waals surface area (Å²) >= 11 is 13.0. The predicted octanol–water partition coefficient (Wildman–Crippen LogP) is 5.55. The van der Waals surface area contributed by atoms with Gasteiger partial charge in [0.25, 0.3) is 5.24 Å². The minimum absolute atomic E-state index is 0.0133. The predicted molar refractivity (Wildman–Crippen MR) is 110 cm³/mol. The monoisotopic (exact) mass is 408 g/mol. The number of aryl methyl sites for hydroxylation is 2. The van der Waals surface area contributed by atoms with Crippen molar-refractivity contribution in [2.24, 2.45) is 0 Å². The first-order valence-corrected chi connectivity index (χ1v) is 9.97. The zero-order valence-electron chi connectivity index (χ0n) is 14.2. The van der Waals surface area contributed by atoms with Crippen LogP contribution in [-0.4, -0.2) is 23.4 Å². The first-order chi connectivity index (χ1) is 12.5. The number of hydrogen-bond donors (Lipinski definition) is 1. The summed E-state index contributed by atoms with van der Waals surface area (Å²) in [7, 11) is 0. The van der Waals surface area contributed by atoms with Gasteiger partial charge < -0.3 is 10.2 Å². The lowest BCUT2D eigenvalue weighted by atomic mass is 10.0. The molecule has 0 aliphatic carbocycles. The molecule has 3 rings (SSSR count). The van der Waals surface area contributed by atoms with Gasteiger partial charge in [-0.05, 0) is 43.5 Å². The van der Waals surface area contributed by atoms with Crippen molar-refractivity contribution in [1.82, 2.24) is 0 Å². The Bertz CT molecular complexity index is 857. The number of anilines is 2. The van der Waals surface area contributed by atoms with Gasteiger partial charge in [-0.25, -0.2) is 0 Å². The van der Waals surface area contributed by atoms with Crippen molar-refractivity contribution < 1.29 is 9.59 Å². The molecule has 0 unspecified atom stereocenters. The summed E-state index contributed by atoms with van der Waals surface area (Å²) in [5.74, 6) is -0.284. The lowest BCUT2D eigenvalue weighted by Gasteiger charge is -2.29. The molecule has 1 heterocycles. The molecule has 2 aromatic rings. The van der Waals surface area contributed by atoms with Crippen molar-refractivity contribution in [3.63, 3.8) is 0 Å². The highest BCUT2D eigenvalue weighted by Crippen LogP contribution is 2.31. The molecule has 0 saturated heterocycles. The molecular formula is C19H18Cl2N2O2S. The number of fused-ring (bicyclic) bond motifs is 1. The molecule has 4 nitrogen and oxygen atoms in total. The molecule has 0 atom stereocenters. The minimum Gasteiger partial charge on any atom is -0.324 e. The highest BCUT2D eigenvalue weighted by molar-refractivity contribution is 8.14. The molecule has 0 radical (unpaired) electrons. The number of carbonyl (C=O) groups excluding carboxylic acids is 2. The summed E-state index contributed by atoms with van der Waals surface area (Å²) in [5, 5.41) is 3.23. The third-order valence-corrected chi connectivity index (χ3v) is 5.82. The van der Waals surface area contributed by atoms with E-state index in [0.717, 1.165) is 30.3 Å². The number of nitrogens with one attached hydrogen (secondary N) is 1. The van der Waals surface area contributed by atoms with E-state index in [-0.39, 0.29) is 16.9 Å². The van der Waals surface area contributed by atoms with E-state index in [4.69, 9.17) is 23.2 Å². The summed E-state index contributed by atoms with van der Waals surface area (Å²) in [6.07, 6.45) is 1.90. The molecule has 2 amide bonds. The average molecular weight is 409 g/mol. The van der Waals surface area contributed by atoms with Crippen LogP contribution in [0.25, 0.3) is 0 Å². The minimum atomic E-state index is -0.298. The van der Waals surface area contributed by atoms with Gasteiger partial charge in [-0.3, -0.25) is 9.59 Å². The number of thioether (sulfide) groups is 1. The van der Waals surface area contributed by atoms with Gasteiger partial charge >= 0.3 is 0 Å². The van der Waals surface area contributed by atoms with E-state index in [2.05, 4.69) is 11.4 Å². The van der Waals surface area contributed by atoms with E-state index in [0.29, 0.717) is 22.3 Å². The topological polar surface area (TPSA) is 49.4 Å². The van der Waals surface area contributed by atoms with Crippen LogP contribution in [0.1, 0.15) is 17.5 Å². The quantitative estimate of drug-likeness (QED) is 0.724. The maximum absolute atomic E-state index is 12.6. The Morgan fingerprint density at radius 3 is 2.85 bits per heavy atom. The Balaban J connectivity index is 1.61. The van der Waals surface area contributed by atoms with Gasteiger partial charge in [0, 0.05) is 12.2 Å². The summed E-state index contributed by atoms with van der Waals surface area (Å²) < 4.78 is 0. The van der Waals surface area contributed by atoms with Crippen molar-refractivity contribution >= 4 is 57.5 Å². The molecule has 1 aliphatic rings. The largest absolute Gasteiger partial charge is 0.324 e. The summed E-state index contributed by atoms with van der Waals surface area (Å²) in [5.41, 5.74) is 3.75. The van der Waals surface area contributed by atoms with E-state index in [9.17, 15) is 9.59 Å². The third kappa shape index (κ3) is 4.34. The number of benzene rings is 2. The van der Waals surface area contributed by atoms with Crippen LogP contribution < -0.4 is 10.2 Å². The number of hydrogen-bond acceptors (Lipinski definition) is 3. The molecule has 7 heteroatoms. The fourth-order valence-corrected chi connectivity index (χ4v) is 3.93. The number of halogens is 2. The Labute approximate surface area is 166 Å². The highest BCUT2D eigenvalue weighted by Gasteiger charge is 2.23. The first kappa shape index (κ1) is 19.1. The van der Waals surface area contributed by atoms with Crippen LogP contribution in [0.15, 0.2) is 36.4 Å². The average Bonchev–Trinajstić information content (AvgIpc) is 2.62. The molecule has 1 aliphatic heterocycles. The van der Waals surface area contributed by atoms with Crippen LogP contribution in [0.3, 0.4) is 0 Å². The SMILES string of the molecule is Cc1ccc2c(c1)CCCN2C(=O)SCC(=O)Nc1cccc(Cl)c1Cl. The molecule has 1 N–H and O–H groups in total. The second kappa shape index (κ2) is 8.33. The fourth-order valence-electron chi connectivity index (χ4n) is 2.91. The fraction of sp³-hybridized carbons (Fsp3) is 0.263. The van der Waals surface area contributed by atoms with Crippen LogP contribution in [0.2, 0.25) is 10.0 Å². The number of nitrogens with zero attached hydrogens (tertiary/aromatic N) is 1. The second-order valence-electron chi connectivity index (χ2n) is 6.09. The van der Waals surface area contributed by atoms with Crippen LogP contribution in [0.4, 0.5) is 16.2 Å². The van der Waals surface area contributed by atoms with Gasteiger partial charge in [-0.2, -0.15) is 0 Å². The van der Waals surface area contributed by atoms with E-state index >= 15 is 0 Å². The Hall–Kier alpha value is -1.69.